The molecule has 2 aromatic rings. The van der Waals surface area contributed by atoms with Crippen molar-refractivity contribution >= 4 is 11.8 Å². The first-order chi connectivity index (χ1) is 15.5. The molecule has 4 rings (SSSR count). The van der Waals surface area contributed by atoms with Crippen molar-refractivity contribution in [3.05, 3.63) is 29.3 Å². The van der Waals surface area contributed by atoms with E-state index in [0.717, 1.165) is 57.3 Å². The van der Waals surface area contributed by atoms with Crippen LogP contribution >= 0.6 is 0 Å². The lowest BCUT2D eigenvalue weighted by molar-refractivity contribution is -0.139. The zero-order valence-electron chi connectivity index (χ0n) is 19.2. The maximum Gasteiger partial charge on any atom is 0.276 e. The van der Waals surface area contributed by atoms with Crippen LogP contribution in [0.2, 0.25) is 0 Å². The van der Waals surface area contributed by atoms with Gasteiger partial charge in [0.05, 0.1) is 0 Å². The molecule has 174 valence electrons. The maximum atomic E-state index is 12.7. The largest absolute Gasteiger partial charge is 0.423 e. The number of likely N-dealkylation sites (tertiary alicyclic amines) is 2. The van der Waals surface area contributed by atoms with Gasteiger partial charge in [0.2, 0.25) is 17.7 Å². The van der Waals surface area contributed by atoms with E-state index < -0.39 is 0 Å². The second-order valence-electron chi connectivity index (χ2n) is 9.17. The van der Waals surface area contributed by atoms with Gasteiger partial charge in [0, 0.05) is 44.0 Å². The Kier molecular flexibility index (Phi) is 6.91. The van der Waals surface area contributed by atoms with E-state index in [1.807, 2.05) is 23.6 Å². The van der Waals surface area contributed by atoms with E-state index >= 15 is 0 Å². The Bertz CT molecular complexity index is 928. The third-order valence-electron chi connectivity index (χ3n) is 6.43. The van der Waals surface area contributed by atoms with Crippen LogP contribution in [0.1, 0.15) is 99.3 Å². The van der Waals surface area contributed by atoms with E-state index in [2.05, 4.69) is 22.3 Å². The smallest absolute Gasteiger partial charge is 0.276 e. The third kappa shape index (κ3) is 4.71. The minimum absolute atomic E-state index is 0.0531. The highest BCUT2D eigenvalue weighted by molar-refractivity contribution is 5.92. The number of carbonyl (C=O) groups is 2. The predicted octanol–water partition coefficient (Wildman–Crippen LogP) is 3.74. The fourth-order valence-electron chi connectivity index (χ4n) is 4.60. The molecule has 2 saturated heterocycles. The quantitative estimate of drug-likeness (QED) is 0.669. The van der Waals surface area contributed by atoms with E-state index in [9.17, 15) is 9.59 Å². The van der Waals surface area contributed by atoms with E-state index in [0.29, 0.717) is 30.6 Å². The minimum Gasteiger partial charge on any atom is -0.423 e. The van der Waals surface area contributed by atoms with Crippen LogP contribution in [0, 0.1) is 5.92 Å². The highest BCUT2D eigenvalue weighted by atomic mass is 16.5. The minimum atomic E-state index is -0.133. The molecular formula is C23H33N5O4. The molecule has 1 unspecified atom stereocenters. The van der Waals surface area contributed by atoms with Crippen LogP contribution in [0.25, 0.3) is 0 Å². The van der Waals surface area contributed by atoms with Gasteiger partial charge < -0.3 is 18.7 Å². The number of carbonyl (C=O) groups excluding carboxylic acids is 2. The first kappa shape index (κ1) is 22.5. The Balaban J connectivity index is 1.37. The summed E-state index contributed by atoms with van der Waals surface area (Å²) in [5.74, 6) is 2.01. The third-order valence-corrected chi connectivity index (χ3v) is 6.43. The number of hydrogen-bond acceptors (Lipinski definition) is 7. The molecule has 2 aliphatic rings. The summed E-state index contributed by atoms with van der Waals surface area (Å²) < 4.78 is 11.3. The summed E-state index contributed by atoms with van der Waals surface area (Å²) >= 11 is 0. The number of hydrogen-bond donors (Lipinski definition) is 0. The van der Waals surface area contributed by atoms with Crippen LogP contribution in [0.4, 0.5) is 0 Å². The molecule has 0 N–H and O–H groups in total. The highest BCUT2D eigenvalue weighted by Crippen LogP contribution is 2.34. The number of amides is 2. The summed E-state index contributed by atoms with van der Waals surface area (Å²) in [4.78, 5) is 29.1. The second-order valence-corrected chi connectivity index (χ2v) is 9.17. The van der Waals surface area contributed by atoms with Gasteiger partial charge in [0.1, 0.15) is 11.8 Å². The summed E-state index contributed by atoms with van der Waals surface area (Å²) in [5, 5.41) is 12.6. The number of aryl methyl sites for hydroxylation is 1. The molecule has 0 saturated carbocycles. The van der Waals surface area contributed by atoms with Crippen molar-refractivity contribution in [3.63, 3.8) is 0 Å². The zero-order valence-corrected chi connectivity index (χ0v) is 19.2. The molecule has 0 radical (unpaired) electrons. The van der Waals surface area contributed by atoms with Gasteiger partial charge in [0.25, 0.3) is 5.91 Å². The van der Waals surface area contributed by atoms with Crippen molar-refractivity contribution < 1.29 is 18.5 Å². The summed E-state index contributed by atoms with van der Waals surface area (Å²) in [6, 6.07) is 1.61. The number of piperidine rings is 2. The molecule has 32 heavy (non-hydrogen) atoms. The molecular weight excluding hydrogens is 410 g/mol. The molecule has 2 amide bonds. The first-order valence-corrected chi connectivity index (χ1v) is 11.9. The number of rotatable bonds is 6. The first-order valence-electron chi connectivity index (χ1n) is 11.9. The van der Waals surface area contributed by atoms with Gasteiger partial charge in [-0.25, -0.2) is 0 Å². The molecule has 2 fully saturated rings. The maximum absolute atomic E-state index is 12.7. The lowest BCUT2D eigenvalue weighted by Gasteiger charge is -2.34. The van der Waals surface area contributed by atoms with Crippen molar-refractivity contribution in [2.45, 2.75) is 77.7 Å². The topological polar surface area (TPSA) is 106 Å². The number of aromatic nitrogens is 3. The van der Waals surface area contributed by atoms with Gasteiger partial charge in [-0.3, -0.25) is 9.59 Å². The van der Waals surface area contributed by atoms with Crippen molar-refractivity contribution in [3.8, 4) is 0 Å². The van der Waals surface area contributed by atoms with Crippen molar-refractivity contribution in [1.29, 1.82) is 0 Å². The van der Waals surface area contributed by atoms with E-state index in [1.54, 1.807) is 6.07 Å². The van der Waals surface area contributed by atoms with Gasteiger partial charge >= 0.3 is 0 Å². The van der Waals surface area contributed by atoms with Gasteiger partial charge in [-0.2, -0.15) is 0 Å². The summed E-state index contributed by atoms with van der Waals surface area (Å²) in [6.07, 6.45) is 6.15. The Morgan fingerprint density at radius 2 is 1.84 bits per heavy atom. The molecule has 9 heteroatoms. The van der Waals surface area contributed by atoms with Crippen LogP contribution in [-0.4, -0.2) is 56.6 Å². The summed E-state index contributed by atoms with van der Waals surface area (Å²) in [6.45, 7) is 7.86. The Morgan fingerprint density at radius 3 is 2.56 bits per heavy atom. The van der Waals surface area contributed by atoms with Crippen LogP contribution in [0.15, 0.2) is 15.0 Å². The monoisotopic (exact) mass is 443 g/mol. The van der Waals surface area contributed by atoms with Gasteiger partial charge in [-0.1, -0.05) is 25.9 Å². The fraction of sp³-hybridized carbons (Fsp3) is 0.696. The summed E-state index contributed by atoms with van der Waals surface area (Å²) in [5.41, 5.74) is 0.374. The molecule has 0 aromatic carbocycles. The Morgan fingerprint density at radius 1 is 1.09 bits per heavy atom. The molecule has 4 heterocycles. The average molecular weight is 444 g/mol. The standard InChI is InChI=1S/C23H33N5O4/c1-4-7-17-14-18(26-32-17)23(30)27-12-9-16(10-13-27)20-24-25-21(31-20)19-8-5-6-11-28(19)22(29)15(2)3/h14-16,19H,4-13H2,1-3H3. The Labute approximate surface area is 188 Å². The number of nitrogens with zero attached hydrogens (tertiary/aromatic N) is 5. The van der Waals surface area contributed by atoms with Crippen LogP contribution in [-0.2, 0) is 11.2 Å². The molecule has 2 aromatic heterocycles. The molecule has 0 spiro atoms. The van der Waals surface area contributed by atoms with Gasteiger partial charge in [-0.15, -0.1) is 10.2 Å². The predicted molar refractivity (Wildman–Crippen MR) is 116 cm³/mol. The summed E-state index contributed by atoms with van der Waals surface area (Å²) in [7, 11) is 0. The fourth-order valence-corrected chi connectivity index (χ4v) is 4.60. The average Bonchev–Trinajstić information content (AvgIpc) is 3.49. The van der Waals surface area contributed by atoms with E-state index in [1.165, 1.54) is 0 Å². The molecule has 2 aliphatic heterocycles. The van der Waals surface area contributed by atoms with Crippen molar-refractivity contribution in [1.82, 2.24) is 25.2 Å². The SMILES string of the molecule is CCCc1cc(C(=O)N2CCC(c3nnc(C4CCCCN4C(=O)C(C)C)o3)CC2)no1. The van der Waals surface area contributed by atoms with E-state index in [-0.39, 0.29) is 29.7 Å². The highest BCUT2D eigenvalue weighted by Gasteiger charge is 2.34. The second kappa shape index (κ2) is 9.83. The van der Waals surface area contributed by atoms with Crippen LogP contribution in [0.3, 0.4) is 0 Å². The van der Waals surface area contributed by atoms with Crippen LogP contribution < -0.4 is 0 Å². The van der Waals surface area contributed by atoms with Gasteiger partial charge in [0.15, 0.2) is 5.69 Å². The normalized spacial score (nSPS) is 20.2. The van der Waals surface area contributed by atoms with E-state index in [4.69, 9.17) is 8.94 Å². The van der Waals surface area contributed by atoms with Crippen molar-refractivity contribution in [2.24, 2.45) is 5.92 Å². The molecule has 1 atom stereocenters. The van der Waals surface area contributed by atoms with Crippen LogP contribution in [0.5, 0.6) is 0 Å². The molecule has 0 aliphatic carbocycles. The van der Waals surface area contributed by atoms with Gasteiger partial charge in [-0.05, 0) is 38.5 Å². The lowest BCUT2D eigenvalue weighted by atomic mass is 9.96. The molecule has 9 nitrogen and oxygen atoms in total. The molecule has 0 bridgehead atoms. The van der Waals surface area contributed by atoms with Crippen molar-refractivity contribution in [2.75, 3.05) is 19.6 Å². The zero-order chi connectivity index (χ0) is 22.7. The Hall–Kier alpha value is -2.71. The lowest BCUT2D eigenvalue weighted by Crippen LogP contribution is -2.40.